The van der Waals surface area contributed by atoms with Gasteiger partial charge in [-0.15, -0.1) is 0 Å². The molecule has 0 spiro atoms. The van der Waals surface area contributed by atoms with Gasteiger partial charge in [-0.3, -0.25) is 5.32 Å². The van der Waals surface area contributed by atoms with Crippen LogP contribution >= 0.6 is 0 Å². The number of aromatic nitrogens is 1. The number of para-hydroxylation sites is 1. The van der Waals surface area contributed by atoms with Crippen LogP contribution in [0.2, 0.25) is 0 Å². The van der Waals surface area contributed by atoms with Crippen LogP contribution < -0.4 is 15.4 Å². The van der Waals surface area contributed by atoms with Crippen molar-refractivity contribution in [1.29, 1.82) is 0 Å². The van der Waals surface area contributed by atoms with E-state index in [1.165, 1.54) is 38.2 Å². The molecule has 0 amide bonds. The van der Waals surface area contributed by atoms with Crippen LogP contribution in [0.1, 0.15) is 37.7 Å². The number of ether oxygens (including phenoxy) is 1. The number of hydrogen-bond donors (Lipinski definition) is 3. The first-order valence-electron chi connectivity index (χ1n) is 11.6. The molecule has 3 fully saturated rings. The van der Waals surface area contributed by atoms with Crippen molar-refractivity contribution in [3.63, 3.8) is 0 Å². The molecule has 2 bridgehead atoms. The van der Waals surface area contributed by atoms with Crippen molar-refractivity contribution in [3.05, 3.63) is 77.8 Å². The Morgan fingerprint density at radius 1 is 1.03 bits per heavy atom. The van der Waals surface area contributed by atoms with E-state index >= 15 is 0 Å². The molecular formula is C26H26F2N4O. The summed E-state index contributed by atoms with van der Waals surface area (Å²) >= 11 is 0. The van der Waals surface area contributed by atoms with Crippen LogP contribution in [-0.2, 0) is 0 Å². The lowest BCUT2D eigenvalue weighted by atomic mass is 9.68. The Morgan fingerprint density at radius 2 is 1.85 bits per heavy atom. The van der Waals surface area contributed by atoms with Crippen LogP contribution in [0, 0.1) is 23.5 Å². The fraction of sp³-hybridized carbons (Fsp3) is 0.346. The number of nitrogens with zero attached hydrogens (tertiary/aromatic N) is 1. The zero-order chi connectivity index (χ0) is 22.4. The highest BCUT2D eigenvalue weighted by atomic mass is 19.1. The number of aromatic amines is 1. The highest BCUT2D eigenvalue weighted by Crippen LogP contribution is 2.41. The molecule has 2 atom stereocenters. The summed E-state index contributed by atoms with van der Waals surface area (Å²) in [6.07, 6.45) is 9.78. The predicted molar refractivity (Wildman–Crippen MR) is 124 cm³/mol. The Morgan fingerprint density at radius 3 is 2.61 bits per heavy atom. The van der Waals surface area contributed by atoms with E-state index in [0.29, 0.717) is 40.4 Å². The highest BCUT2D eigenvalue weighted by Gasteiger charge is 2.36. The molecule has 3 saturated carbocycles. The molecule has 3 aliphatic carbocycles. The molecule has 7 heteroatoms. The van der Waals surface area contributed by atoms with Crippen LogP contribution in [0.15, 0.2) is 65.6 Å². The summed E-state index contributed by atoms with van der Waals surface area (Å²) in [5, 5.41) is 7.63. The van der Waals surface area contributed by atoms with Gasteiger partial charge in [-0.2, -0.15) is 4.99 Å². The second-order valence-electron chi connectivity index (χ2n) is 9.30. The van der Waals surface area contributed by atoms with Gasteiger partial charge in [0.1, 0.15) is 29.4 Å². The van der Waals surface area contributed by atoms with Crippen molar-refractivity contribution in [3.8, 4) is 5.75 Å². The number of hydrogen-bond acceptors (Lipinski definition) is 4. The lowest BCUT2D eigenvalue weighted by molar-refractivity contribution is 0.118. The summed E-state index contributed by atoms with van der Waals surface area (Å²) in [4.78, 5) is 7.58. The number of fused-ring (bicyclic) bond motifs is 4. The average molecular weight is 449 g/mol. The van der Waals surface area contributed by atoms with E-state index in [0.717, 1.165) is 12.0 Å². The number of nitrogens with one attached hydrogen (secondary N) is 3. The van der Waals surface area contributed by atoms with Gasteiger partial charge < -0.3 is 15.0 Å². The van der Waals surface area contributed by atoms with E-state index < -0.39 is 11.6 Å². The lowest BCUT2D eigenvalue weighted by Gasteiger charge is -2.44. The Hall–Kier alpha value is -3.19. The highest BCUT2D eigenvalue weighted by molar-refractivity contribution is 6.10. The predicted octanol–water partition coefficient (Wildman–Crippen LogP) is 5.21. The van der Waals surface area contributed by atoms with Gasteiger partial charge in [0.2, 0.25) is 5.88 Å². The fourth-order valence-electron chi connectivity index (χ4n) is 5.57. The van der Waals surface area contributed by atoms with Crippen molar-refractivity contribution >= 4 is 16.7 Å². The van der Waals surface area contributed by atoms with Gasteiger partial charge in [-0.25, -0.2) is 8.78 Å². The Bertz CT molecular complexity index is 1230. The van der Waals surface area contributed by atoms with Gasteiger partial charge >= 0.3 is 0 Å². The molecule has 1 aliphatic heterocycles. The Kier molecular flexibility index (Phi) is 5.14. The summed E-state index contributed by atoms with van der Waals surface area (Å²) in [5.74, 6) is 1.87. The van der Waals surface area contributed by atoms with E-state index in [4.69, 9.17) is 4.74 Å². The molecule has 170 valence electrons. The maximum absolute atomic E-state index is 14.3. The summed E-state index contributed by atoms with van der Waals surface area (Å²) < 4.78 is 34.3. The van der Waals surface area contributed by atoms with Crippen molar-refractivity contribution in [2.24, 2.45) is 16.8 Å². The SMILES string of the molecule is Fc1cc(F)c2[nH]cc(C3=NC(Oc4ccccc4)=CC(NC4CC5CCC4CC5)N3)c2c1. The minimum absolute atomic E-state index is 0.205. The molecule has 0 saturated heterocycles. The fourth-order valence-corrected chi connectivity index (χ4v) is 5.57. The molecule has 1 aromatic heterocycles. The van der Waals surface area contributed by atoms with E-state index in [-0.39, 0.29) is 11.7 Å². The average Bonchev–Trinajstić information content (AvgIpc) is 3.25. The molecule has 5 nitrogen and oxygen atoms in total. The van der Waals surface area contributed by atoms with Gasteiger partial charge in [-0.05, 0) is 49.3 Å². The van der Waals surface area contributed by atoms with E-state index in [9.17, 15) is 8.78 Å². The molecule has 2 unspecified atom stereocenters. The van der Waals surface area contributed by atoms with Gasteiger partial charge in [0.25, 0.3) is 0 Å². The van der Waals surface area contributed by atoms with E-state index in [2.05, 4.69) is 20.6 Å². The summed E-state index contributed by atoms with van der Waals surface area (Å²) in [6.45, 7) is 0. The lowest BCUT2D eigenvalue weighted by Crippen LogP contribution is -2.55. The van der Waals surface area contributed by atoms with E-state index in [1.807, 2.05) is 36.4 Å². The molecule has 7 rings (SSSR count). The molecular weight excluding hydrogens is 422 g/mol. The van der Waals surface area contributed by atoms with Crippen LogP contribution in [0.25, 0.3) is 10.9 Å². The number of rotatable bonds is 5. The number of benzene rings is 2. The largest absolute Gasteiger partial charge is 0.439 e. The third kappa shape index (κ3) is 4.02. The number of aliphatic imine (C=N–C) groups is 1. The number of halogens is 2. The maximum atomic E-state index is 14.3. The second-order valence-corrected chi connectivity index (χ2v) is 9.30. The van der Waals surface area contributed by atoms with Crippen LogP contribution in [0.5, 0.6) is 5.75 Å². The third-order valence-electron chi connectivity index (χ3n) is 7.19. The Labute approximate surface area is 190 Å². The third-order valence-corrected chi connectivity index (χ3v) is 7.19. The van der Waals surface area contributed by atoms with Gasteiger partial charge in [-0.1, -0.05) is 31.0 Å². The molecule has 2 aromatic carbocycles. The van der Waals surface area contributed by atoms with Crippen molar-refractivity contribution in [1.82, 2.24) is 15.6 Å². The van der Waals surface area contributed by atoms with Crippen molar-refractivity contribution in [2.75, 3.05) is 0 Å². The van der Waals surface area contributed by atoms with E-state index in [1.54, 1.807) is 6.20 Å². The first-order valence-corrected chi connectivity index (χ1v) is 11.6. The zero-order valence-corrected chi connectivity index (χ0v) is 18.2. The van der Waals surface area contributed by atoms with Crippen molar-refractivity contribution < 1.29 is 13.5 Å². The van der Waals surface area contributed by atoms with Gasteiger partial charge in [0, 0.05) is 35.3 Å². The molecule has 3 aromatic rings. The summed E-state index contributed by atoms with van der Waals surface area (Å²) in [6, 6.07) is 12.1. The number of H-pyrrole nitrogens is 1. The second kappa shape index (κ2) is 8.30. The molecule has 4 aliphatic rings. The van der Waals surface area contributed by atoms with Crippen LogP contribution in [-0.4, -0.2) is 23.0 Å². The Balaban J connectivity index is 1.33. The molecule has 33 heavy (non-hydrogen) atoms. The van der Waals surface area contributed by atoms with Crippen LogP contribution in [0.3, 0.4) is 0 Å². The first kappa shape index (κ1) is 20.4. The minimum atomic E-state index is -0.628. The van der Waals surface area contributed by atoms with Crippen LogP contribution in [0.4, 0.5) is 8.78 Å². The molecule has 3 N–H and O–H groups in total. The normalized spacial score (nSPS) is 26.6. The number of amidine groups is 1. The standard InChI is InChI=1S/C26H26F2N4O/c27-17-11-19-20(14-29-25(19)21(28)12-17)26-31-23(30-22-10-15-6-8-16(22)9-7-15)13-24(32-26)33-18-4-2-1-3-5-18/h1-5,11-16,22-23,29-30H,6-10H2,(H,31,32). The summed E-state index contributed by atoms with van der Waals surface area (Å²) in [7, 11) is 0. The summed E-state index contributed by atoms with van der Waals surface area (Å²) in [5.41, 5.74) is 0.854. The maximum Gasteiger partial charge on any atom is 0.220 e. The molecule has 0 radical (unpaired) electrons. The van der Waals surface area contributed by atoms with Crippen molar-refractivity contribution in [2.45, 2.75) is 44.3 Å². The van der Waals surface area contributed by atoms with Gasteiger partial charge in [0.15, 0.2) is 0 Å². The monoisotopic (exact) mass is 448 g/mol. The molecule has 2 heterocycles. The quantitative estimate of drug-likeness (QED) is 0.502. The topological polar surface area (TPSA) is 61.4 Å². The minimum Gasteiger partial charge on any atom is -0.439 e. The first-order chi connectivity index (χ1) is 16.1. The van der Waals surface area contributed by atoms with Gasteiger partial charge in [0.05, 0.1) is 5.52 Å². The zero-order valence-electron chi connectivity index (χ0n) is 18.2. The smallest absolute Gasteiger partial charge is 0.220 e.